The van der Waals surface area contributed by atoms with Crippen molar-refractivity contribution in [1.82, 2.24) is 14.7 Å². The van der Waals surface area contributed by atoms with Crippen LogP contribution in [-0.2, 0) is 6.42 Å². The topological polar surface area (TPSA) is 49.6 Å². The van der Waals surface area contributed by atoms with E-state index >= 15 is 0 Å². The summed E-state index contributed by atoms with van der Waals surface area (Å²) >= 11 is 6.01. The van der Waals surface area contributed by atoms with Gasteiger partial charge in [-0.1, -0.05) is 17.7 Å². The van der Waals surface area contributed by atoms with Gasteiger partial charge in [0.2, 0.25) is 0 Å². The lowest BCUT2D eigenvalue weighted by atomic mass is 10.2. The second-order valence-electron chi connectivity index (χ2n) is 3.82. The van der Waals surface area contributed by atoms with Crippen molar-refractivity contribution in [3.05, 3.63) is 29.2 Å². The van der Waals surface area contributed by atoms with Crippen LogP contribution < -0.4 is 5.32 Å². The molecule has 1 unspecified atom stereocenters. The fourth-order valence-electron chi connectivity index (χ4n) is 1.66. The number of pyridine rings is 1. The van der Waals surface area contributed by atoms with Crippen LogP contribution in [0.4, 0.5) is 0 Å². The fraction of sp³-hybridized carbons (Fsp3) is 0.364. The average Bonchev–Trinajstić information content (AvgIpc) is 2.57. The molecule has 2 rings (SSSR count). The molecule has 1 atom stereocenters. The van der Waals surface area contributed by atoms with Crippen LogP contribution in [-0.4, -0.2) is 27.6 Å². The van der Waals surface area contributed by atoms with E-state index in [0.29, 0.717) is 11.6 Å². The third kappa shape index (κ3) is 1.86. The summed E-state index contributed by atoms with van der Waals surface area (Å²) < 4.78 is 1.68. The minimum atomic E-state index is 0.162. The lowest BCUT2D eigenvalue weighted by Crippen LogP contribution is -2.24. The molecule has 0 amide bonds. The summed E-state index contributed by atoms with van der Waals surface area (Å²) in [5.74, 6) is 0.926. The van der Waals surface area contributed by atoms with E-state index in [2.05, 4.69) is 17.2 Å². The van der Waals surface area contributed by atoms with Gasteiger partial charge < -0.3 is 10.4 Å². The van der Waals surface area contributed by atoms with Gasteiger partial charge in [0.1, 0.15) is 5.82 Å². The highest BCUT2D eigenvalue weighted by Crippen LogP contribution is 2.23. The lowest BCUT2D eigenvalue weighted by Gasteiger charge is -2.09. The minimum Gasteiger partial charge on any atom is -0.494 e. The van der Waals surface area contributed by atoms with Crippen molar-refractivity contribution in [2.75, 3.05) is 7.05 Å². The molecular formula is C11H14ClN3O. The van der Waals surface area contributed by atoms with Crippen LogP contribution in [0, 0.1) is 0 Å². The predicted octanol–water partition coefficient (Wildman–Crippen LogP) is 1.84. The Morgan fingerprint density at radius 1 is 1.56 bits per heavy atom. The van der Waals surface area contributed by atoms with E-state index in [9.17, 15) is 5.11 Å². The van der Waals surface area contributed by atoms with Crippen LogP contribution in [0.15, 0.2) is 18.2 Å². The Morgan fingerprint density at radius 2 is 2.31 bits per heavy atom. The molecule has 5 heteroatoms. The summed E-state index contributed by atoms with van der Waals surface area (Å²) in [6.45, 7) is 2.05. The normalized spacial score (nSPS) is 13.2. The standard InChI is InChI=1S/C11H14ClN3O/c1-7(13-2)6-9-14-11(12)8-4-3-5-10(16)15(8)9/h3-5,7,13,16H,6H2,1-2H3. The van der Waals surface area contributed by atoms with Crippen molar-refractivity contribution in [1.29, 1.82) is 0 Å². The molecule has 2 heterocycles. The molecule has 0 aliphatic heterocycles. The number of rotatable bonds is 3. The Balaban J connectivity index is 2.53. The first-order chi connectivity index (χ1) is 7.63. The first-order valence-corrected chi connectivity index (χ1v) is 5.53. The molecule has 2 aromatic heterocycles. The second-order valence-corrected chi connectivity index (χ2v) is 4.18. The Morgan fingerprint density at radius 3 is 3.00 bits per heavy atom. The summed E-state index contributed by atoms with van der Waals surface area (Å²) in [7, 11) is 1.89. The lowest BCUT2D eigenvalue weighted by molar-refractivity contribution is 0.440. The first-order valence-electron chi connectivity index (χ1n) is 5.15. The van der Waals surface area contributed by atoms with Gasteiger partial charge in [-0.05, 0) is 26.1 Å². The van der Waals surface area contributed by atoms with E-state index in [4.69, 9.17) is 11.6 Å². The minimum absolute atomic E-state index is 0.162. The number of aromatic hydroxyl groups is 1. The molecule has 0 aliphatic rings. The van der Waals surface area contributed by atoms with Gasteiger partial charge >= 0.3 is 0 Å². The van der Waals surface area contributed by atoms with Crippen molar-refractivity contribution < 1.29 is 5.11 Å². The zero-order chi connectivity index (χ0) is 11.7. The first kappa shape index (κ1) is 11.2. The number of fused-ring (bicyclic) bond motifs is 1. The van der Waals surface area contributed by atoms with Gasteiger partial charge in [0.15, 0.2) is 11.0 Å². The molecule has 16 heavy (non-hydrogen) atoms. The third-order valence-corrected chi connectivity index (χ3v) is 2.93. The van der Waals surface area contributed by atoms with E-state index in [1.54, 1.807) is 16.5 Å². The van der Waals surface area contributed by atoms with Gasteiger partial charge in [-0.3, -0.25) is 4.40 Å². The predicted molar refractivity (Wildman–Crippen MR) is 64.1 cm³/mol. The molecule has 0 aromatic carbocycles. The van der Waals surface area contributed by atoms with Crippen LogP contribution in [0.2, 0.25) is 5.15 Å². The molecule has 0 radical (unpaired) electrons. The monoisotopic (exact) mass is 239 g/mol. The van der Waals surface area contributed by atoms with Crippen molar-refractivity contribution in [2.24, 2.45) is 0 Å². The van der Waals surface area contributed by atoms with Gasteiger partial charge in [0, 0.05) is 12.5 Å². The smallest absolute Gasteiger partial charge is 0.197 e. The quantitative estimate of drug-likeness (QED) is 0.860. The molecule has 86 valence electrons. The highest BCUT2D eigenvalue weighted by Gasteiger charge is 2.13. The van der Waals surface area contributed by atoms with E-state index in [1.165, 1.54) is 0 Å². The molecule has 0 spiro atoms. The Bertz CT molecular complexity index is 509. The molecular weight excluding hydrogens is 226 g/mol. The highest BCUT2D eigenvalue weighted by molar-refractivity contribution is 6.32. The van der Waals surface area contributed by atoms with Crippen LogP contribution in [0.25, 0.3) is 5.52 Å². The van der Waals surface area contributed by atoms with E-state index in [-0.39, 0.29) is 11.9 Å². The molecule has 0 bridgehead atoms. The van der Waals surface area contributed by atoms with Gasteiger partial charge in [-0.15, -0.1) is 0 Å². The molecule has 0 fully saturated rings. The number of likely N-dealkylation sites (N-methyl/N-ethyl adjacent to an activating group) is 1. The van der Waals surface area contributed by atoms with E-state index in [1.807, 2.05) is 13.1 Å². The Kier molecular flexibility index (Phi) is 3.03. The maximum absolute atomic E-state index is 9.79. The number of nitrogens with zero attached hydrogens (tertiary/aromatic N) is 2. The van der Waals surface area contributed by atoms with E-state index in [0.717, 1.165) is 11.3 Å². The largest absolute Gasteiger partial charge is 0.494 e. The van der Waals surface area contributed by atoms with Crippen molar-refractivity contribution in [3.8, 4) is 5.88 Å². The van der Waals surface area contributed by atoms with Crippen LogP contribution in [0.5, 0.6) is 5.88 Å². The van der Waals surface area contributed by atoms with E-state index < -0.39 is 0 Å². The zero-order valence-corrected chi connectivity index (χ0v) is 9.99. The SMILES string of the molecule is CNC(C)Cc1nc(Cl)c2cccc(O)n12. The highest BCUT2D eigenvalue weighted by atomic mass is 35.5. The number of halogens is 1. The van der Waals surface area contributed by atoms with Gasteiger partial charge in [0.05, 0.1) is 5.52 Å². The van der Waals surface area contributed by atoms with Crippen molar-refractivity contribution in [2.45, 2.75) is 19.4 Å². The van der Waals surface area contributed by atoms with Crippen LogP contribution in [0.3, 0.4) is 0 Å². The summed E-state index contributed by atoms with van der Waals surface area (Å²) in [6.07, 6.45) is 0.710. The molecule has 0 saturated carbocycles. The van der Waals surface area contributed by atoms with Gasteiger partial charge in [-0.2, -0.15) is 0 Å². The Labute approximate surface area is 98.9 Å². The number of aromatic nitrogens is 2. The molecule has 2 N–H and O–H groups in total. The third-order valence-electron chi connectivity index (χ3n) is 2.65. The molecule has 2 aromatic rings. The Hall–Kier alpha value is -1.26. The maximum atomic E-state index is 9.79. The number of nitrogens with one attached hydrogen (secondary N) is 1. The average molecular weight is 240 g/mol. The molecule has 0 saturated heterocycles. The fourth-order valence-corrected chi connectivity index (χ4v) is 1.91. The van der Waals surface area contributed by atoms with Crippen LogP contribution in [0.1, 0.15) is 12.7 Å². The molecule has 4 nitrogen and oxygen atoms in total. The zero-order valence-electron chi connectivity index (χ0n) is 9.24. The second kappa shape index (κ2) is 4.31. The summed E-state index contributed by atoms with van der Waals surface area (Å²) in [5.41, 5.74) is 0.736. The van der Waals surface area contributed by atoms with Crippen molar-refractivity contribution >= 4 is 17.1 Å². The number of hydrogen-bond acceptors (Lipinski definition) is 3. The van der Waals surface area contributed by atoms with Crippen molar-refractivity contribution in [3.63, 3.8) is 0 Å². The van der Waals surface area contributed by atoms with Gasteiger partial charge in [-0.25, -0.2) is 4.98 Å². The maximum Gasteiger partial charge on any atom is 0.197 e. The number of hydrogen-bond donors (Lipinski definition) is 2. The van der Waals surface area contributed by atoms with Gasteiger partial charge in [0.25, 0.3) is 0 Å². The summed E-state index contributed by atoms with van der Waals surface area (Å²) in [6, 6.07) is 5.49. The van der Waals surface area contributed by atoms with Crippen LogP contribution >= 0.6 is 11.6 Å². The summed E-state index contributed by atoms with van der Waals surface area (Å²) in [5, 5.41) is 13.3. The number of imidazole rings is 1. The molecule has 0 aliphatic carbocycles. The summed E-state index contributed by atoms with van der Waals surface area (Å²) in [4.78, 5) is 4.27.